The summed E-state index contributed by atoms with van der Waals surface area (Å²) in [6.07, 6.45) is 5.20. The van der Waals surface area contributed by atoms with Gasteiger partial charge in [-0.2, -0.15) is 5.26 Å². The lowest BCUT2D eigenvalue weighted by molar-refractivity contribution is -0.142. The maximum atomic E-state index is 11.1. The summed E-state index contributed by atoms with van der Waals surface area (Å²) in [6, 6.07) is 8.11. The number of thioether (sulfide) groups is 1. The lowest BCUT2D eigenvalue weighted by Gasteiger charge is -2.28. The van der Waals surface area contributed by atoms with Crippen LogP contribution >= 0.6 is 11.8 Å². The van der Waals surface area contributed by atoms with E-state index in [1.165, 1.54) is 0 Å². The number of hydrogen-bond donors (Lipinski definition) is 2. The average molecular weight is 290 g/mol. The van der Waals surface area contributed by atoms with Gasteiger partial charge in [0, 0.05) is 10.9 Å². The molecule has 0 amide bonds. The number of carbonyl (C=O) groups is 1. The van der Waals surface area contributed by atoms with Gasteiger partial charge in [-0.15, -0.1) is 11.8 Å². The van der Waals surface area contributed by atoms with Crippen LogP contribution in [0, 0.1) is 17.2 Å². The third-order valence-electron chi connectivity index (χ3n) is 3.74. The van der Waals surface area contributed by atoms with E-state index in [1.54, 1.807) is 11.8 Å². The van der Waals surface area contributed by atoms with E-state index in [2.05, 4.69) is 11.4 Å². The first kappa shape index (κ1) is 14.7. The van der Waals surface area contributed by atoms with Gasteiger partial charge in [0.2, 0.25) is 0 Å². The van der Waals surface area contributed by atoms with Crippen LogP contribution in [0.4, 0.5) is 5.69 Å². The number of nitrogens with one attached hydrogen (secondary N) is 1. The fourth-order valence-electron chi connectivity index (χ4n) is 2.70. The maximum Gasteiger partial charge on any atom is 0.306 e. The van der Waals surface area contributed by atoms with Crippen LogP contribution in [0.25, 0.3) is 0 Å². The minimum atomic E-state index is -0.713. The van der Waals surface area contributed by atoms with Crippen LogP contribution in [0.15, 0.2) is 23.1 Å². The summed E-state index contributed by atoms with van der Waals surface area (Å²) in [5.41, 5.74) is 1.47. The zero-order chi connectivity index (χ0) is 14.5. The van der Waals surface area contributed by atoms with Gasteiger partial charge in [0.05, 0.1) is 17.2 Å². The normalized spacial score (nSPS) is 22.0. The number of carboxylic acids is 1. The SMILES string of the molecule is CSc1cccc(NC2CCCC(C(=O)O)C2)c1C#N. The Morgan fingerprint density at radius 1 is 1.50 bits per heavy atom. The smallest absolute Gasteiger partial charge is 0.306 e. The fourth-order valence-corrected chi connectivity index (χ4v) is 3.28. The molecule has 1 fully saturated rings. The summed E-state index contributed by atoms with van der Waals surface area (Å²) >= 11 is 1.55. The van der Waals surface area contributed by atoms with Crippen LogP contribution in [-0.4, -0.2) is 23.4 Å². The zero-order valence-corrected chi connectivity index (χ0v) is 12.2. The second kappa shape index (κ2) is 6.67. The van der Waals surface area contributed by atoms with Gasteiger partial charge < -0.3 is 10.4 Å². The van der Waals surface area contributed by atoms with Crippen molar-refractivity contribution >= 4 is 23.4 Å². The van der Waals surface area contributed by atoms with Crippen molar-refractivity contribution in [3.8, 4) is 6.07 Å². The molecule has 1 saturated carbocycles. The Morgan fingerprint density at radius 2 is 2.30 bits per heavy atom. The van der Waals surface area contributed by atoms with Crippen LogP contribution in [0.2, 0.25) is 0 Å². The highest BCUT2D eigenvalue weighted by atomic mass is 32.2. The minimum Gasteiger partial charge on any atom is -0.481 e. The number of anilines is 1. The molecule has 2 atom stereocenters. The van der Waals surface area contributed by atoms with E-state index in [-0.39, 0.29) is 12.0 Å². The van der Waals surface area contributed by atoms with Crippen LogP contribution in [0.1, 0.15) is 31.2 Å². The van der Waals surface area contributed by atoms with Crippen molar-refractivity contribution in [1.82, 2.24) is 0 Å². The Hall–Kier alpha value is -1.67. The van der Waals surface area contributed by atoms with Crippen molar-refractivity contribution in [2.75, 3.05) is 11.6 Å². The molecule has 0 aromatic heterocycles. The Bertz CT molecular complexity index is 539. The van der Waals surface area contributed by atoms with E-state index in [0.29, 0.717) is 12.0 Å². The largest absolute Gasteiger partial charge is 0.481 e. The molecule has 106 valence electrons. The molecule has 2 unspecified atom stereocenters. The fraction of sp³-hybridized carbons (Fsp3) is 0.467. The predicted molar refractivity (Wildman–Crippen MR) is 79.9 cm³/mol. The minimum absolute atomic E-state index is 0.133. The third-order valence-corrected chi connectivity index (χ3v) is 4.52. The Morgan fingerprint density at radius 3 is 2.95 bits per heavy atom. The molecule has 0 bridgehead atoms. The van der Waals surface area contributed by atoms with Gasteiger partial charge >= 0.3 is 5.97 Å². The van der Waals surface area contributed by atoms with Crippen LogP contribution < -0.4 is 5.32 Å². The zero-order valence-electron chi connectivity index (χ0n) is 11.4. The van der Waals surface area contributed by atoms with Crippen LogP contribution in [0.5, 0.6) is 0 Å². The van der Waals surface area contributed by atoms with E-state index in [4.69, 9.17) is 5.11 Å². The second-order valence-electron chi connectivity index (χ2n) is 5.04. The molecular formula is C15H18N2O2S. The van der Waals surface area contributed by atoms with Crippen molar-refractivity contribution in [2.45, 2.75) is 36.6 Å². The third kappa shape index (κ3) is 3.26. The van der Waals surface area contributed by atoms with E-state index in [0.717, 1.165) is 29.8 Å². The highest BCUT2D eigenvalue weighted by Gasteiger charge is 2.27. The summed E-state index contributed by atoms with van der Waals surface area (Å²) in [7, 11) is 0. The molecule has 0 spiro atoms. The van der Waals surface area contributed by atoms with Crippen LogP contribution in [-0.2, 0) is 4.79 Å². The van der Waals surface area contributed by atoms with Gasteiger partial charge in [-0.3, -0.25) is 4.79 Å². The molecule has 0 aliphatic heterocycles. The number of carboxylic acid groups (broad SMARTS) is 1. The Labute approximate surface area is 123 Å². The van der Waals surface area contributed by atoms with E-state index in [1.807, 2.05) is 24.5 Å². The molecule has 1 aliphatic rings. The maximum absolute atomic E-state index is 11.1. The van der Waals surface area contributed by atoms with E-state index >= 15 is 0 Å². The number of rotatable bonds is 4. The first-order valence-corrected chi connectivity index (χ1v) is 7.94. The molecular weight excluding hydrogens is 272 g/mol. The second-order valence-corrected chi connectivity index (χ2v) is 5.89. The standard InChI is InChI=1S/C15H18N2O2S/c1-20-14-7-3-6-13(12(14)9-16)17-11-5-2-4-10(8-11)15(18)19/h3,6-7,10-11,17H,2,4-5,8H2,1H3,(H,18,19). The number of nitriles is 1. The molecule has 1 aromatic rings. The van der Waals surface area contributed by atoms with E-state index in [9.17, 15) is 10.1 Å². The molecule has 1 aliphatic carbocycles. The summed E-state index contributed by atoms with van der Waals surface area (Å²) in [6.45, 7) is 0. The number of nitrogens with zero attached hydrogens (tertiary/aromatic N) is 1. The lowest BCUT2D eigenvalue weighted by Crippen LogP contribution is -2.31. The van der Waals surface area contributed by atoms with Gasteiger partial charge in [-0.25, -0.2) is 0 Å². The van der Waals surface area contributed by atoms with Crippen LogP contribution in [0.3, 0.4) is 0 Å². The first-order chi connectivity index (χ1) is 9.65. The van der Waals surface area contributed by atoms with Crippen molar-refractivity contribution in [1.29, 1.82) is 5.26 Å². The van der Waals surface area contributed by atoms with Crippen molar-refractivity contribution in [3.63, 3.8) is 0 Å². The predicted octanol–water partition coefficient (Wildman–Crippen LogP) is 3.34. The number of benzene rings is 1. The molecule has 2 rings (SSSR count). The molecule has 20 heavy (non-hydrogen) atoms. The monoisotopic (exact) mass is 290 g/mol. The summed E-state index contributed by atoms with van der Waals surface area (Å²) in [5.74, 6) is -0.981. The molecule has 0 saturated heterocycles. The van der Waals surface area contributed by atoms with Crippen molar-refractivity contribution < 1.29 is 9.90 Å². The summed E-state index contributed by atoms with van der Waals surface area (Å²) in [5, 5.41) is 21.8. The highest BCUT2D eigenvalue weighted by molar-refractivity contribution is 7.98. The first-order valence-electron chi connectivity index (χ1n) is 6.72. The highest BCUT2D eigenvalue weighted by Crippen LogP contribution is 2.31. The Kier molecular flexibility index (Phi) is 4.91. The topological polar surface area (TPSA) is 73.1 Å². The van der Waals surface area contributed by atoms with Crippen molar-refractivity contribution in [2.24, 2.45) is 5.92 Å². The molecule has 0 heterocycles. The lowest BCUT2D eigenvalue weighted by atomic mass is 9.85. The summed E-state index contributed by atoms with van der Waals surface area (Å²) in [4.78, 5) is 12.0. The molecule has 1 aromatic carbocycles. The molecule has 4 nitrogen and oxygen atoms in total. The molecule has 5 heteroatoms. The Balaban J connectivity index is 2.14. The van der Waals surface area contributed by atoms with Gasteiger partial charge in [-0.05, 0) is 37.7 Å². The van der Waals surface area contributed by atoms with Gasteiger partial charge in [0.25, 0.3) is 0 Å². The van der Waals surface area contributed by atoms with E-state index < -0.39 is 5.97 Å². The number of hydrogen-bond acceptors (Lipinski definition) is 4. The van der Waals surface area contributed by atoms with Gasteiger partial charge in [0.15, 0.2) is 0 Å². The molecule has 0 radical (unpaired) electrons. The average Bonchev–Trinajstić information content (AvgIpc) is 2.47. The molecule has 2 N–H and O–H groups in total. The van der Waals surface area contributed by atoms with Gasteiger partial charge in [-0.1, -0.05) is 12.5 Å². The van der Waals surface area contributed by atoms with Gasteiger partial charge in [0.1, 0.15) is 6.07 Å². The quantitative estimate of drug-likeness (QED) is 0.832. The van der Waals surface area contributed by atoms with Crippen molar-refractivity contribution in [3.05, 3.63) is 23.8 Å². The number of aliphatic carboxylic acids is 1. The summed E-state index contributed by atoms with van der Waals surface area (Å²) < 4.78 is 0.